The van der Waals surface area contributed by atoms with Crippen LogP contribution in [0.2, 0.25) is 0 Å². The molecule has 0 saturated heterocycles. The van der Waals surface area contributed by atoms with Gasteiger partial charge in [0.25, 0.3) is 0 Å². The van der Waals surface area contributed by atoms with Crippen LogP contribution in [0.3, 0.4) is 0 Å². The third-order valence-corrected chi connectivity index (χ3v) is 7.70. The van der Waals surface area contributed by atoms with Gasteiger partial charge in [-0.1, -0.05) is 48.0 Å². The largest absolute Gasteiger partial charge is 0.378 e. The molecule has 1 N–H and O–H groups in total. The lowest BCUT2D eigenvalue weighted by molar-refractivity contribution is 0.194. The Morgan fingerprint density at radius 3 is 2.38 bits per heavy atom. The first kappa shape index (κ1) is 25.5. The summed E-state index contributed by atoms with van der Waals surface area (Å²) in [6.45, 7) is 6.52. The van der Waals surface area contributed by atoms with Gasteiger partial charge in [0.15, 0.2) is 0 Å². The fraction of sp³-hybridized carbons (Fsp3) is 0.212. The molecule has 3 aromatic carbocycles. The van der Waals surface area contributed by atoms with Crippen LogP contribution in [0.5, 0.6) is 0 Å². The Hall–Kier alpha value is -4.78. The minimum atomic E-state index is -0.312. The number of carbonyl (C=O) groups is 1. The lowest BCUT2D eigenvalue weighted by Gasteiger charge is -2.31. The van der Waals surface area contributed by atoms with Crippen molar-refractivity contribution in [3.63, 3.8) is 0 Å². The molecule has 0 saturated carbocycles. The van der Waals surface area contributed by atoms with E-state index in [1.807, 2.05) is 73.9 Å². The van der Waals surface area contributed by atoms with Crippen molar-refractivity contribution < 1.29 is 4.79 Å². The summed E-state index contributed by atoms with van der Waals surface area (Å²) >= 11 is 0. The predicted molar refractivity (Wildman–Crippen MR) is 161 cm³/mol. The molecule has 0 spiro atoms. The Balaban J connectivity index is 1.52. The van der Waals surface area contributed by atoms with Gasteiger partial charge in [-0.2, -0.15) is 5.10 Å². The molecule has 5 aromatic rings. The third kappa shape index (κ3) is 4.43. The molecule has 7 heteroatoms. The number of para-hydroxylation sites is 1. The predicted octanol–water partition coefficient (Wildman–Crippen LogP) is 6.79. The van der Waals surface area contributed by atoms with Crippen LogP contribution in [0.4, 0.5) is 16.2 Å². The fourth-order valence-corrected chi connectivity index (χ4v) is 5.60. The Bertz CT molecular complexity index is 1680. The van der Waals surface area contributed by atoms with Gasteiger partial charge in [0, 0.05) is 37.2 Å². The maximum Gasteiger partial charge on any atom is 0.322 e. The molecule has 202 valence electrons. The van der Waals surface area contributed by atoms with E-state index < -0.39 is 0 Å². The van der Waals surface area contributed by atoms with Gasteiger partial charge in [0.1, 0.15) is 5.82 Å². The number of fused-ring (bicyclic) bond motifs is 3. The molecule has 7 nitrogen and oxygen atoms in total. The van der Waals surface area contributed by atoms with Crippen LogP contribution >= 0.6 is 0 Å². The SMILES string of the molecule is Cc1ccc(NC(=O)N2Cc3c(C)nn(-c4ccccc4)c3-n3cccc3[C@H]2c2ccc(N(C)C)cc2)c(C)c1. The standard InChI is InChI=1S/C33H34N6O/c1-22-13-18-29(23(2)20-22)34-33(40)38-21-28-24(3)35-39(27-10-7-6-8-11-27)32(28)37-19-9-12-30(37)31(38)25-14-16-26(17-15-25)36(4)5/h6-20,31H,21H2,1-5H3,(H,34,40)/t31-/m1/s1. The molecule has 0 bridgehead atoms. The number of amides is 2. The number of carbonyl (C=O) groups excluding carboxylic acids is 1. The molecular formula is C33H34N6O. The average molecular weight is 531 g/mol. The molecule has 0 radical (unpaired) electrons. The molecule has 6 rings (SSSR count). The van der Waals surface area contributed by atoms with Crippen molar-refractivity contribution in [3.05, 3.63) is 125 Å². The maximum absolute atomic E-state index is 14.2. The molecule has 40 heavy (non-hydrogen) atoms. The van der Waals surface area contributed by atoms with Gasteiger partial charge < -0.3 is 19.7 Å². The molecule has 1 atom stereocenters. The second-order valence-corrected chi connectivity index (χ2v) is 10.7. The van der Waals surface area contributed by atoms with E-state index in [4.69, 9.17) is 5.10 Å². The second kappa shape index (κ2) is 10.1. The average Bonchev–Trinajstić information content (AvgIpc) is 3.51. The number of urea groups is 1. The maximum atomic E-state index is 14.2. The van der Waals surface area contributed by atoms with Crippen molar-refractivity contribution in [2.45, 2.75) is 33.4 Å². The van der Waals surface area contributed by atoms with E-state index in [-0.39, 0.29) is 12.1 Å². The smallest absolute Gasteiger partial charge is 0.322 e. The number of aromatic nitrogens is 3. The lowest BCUT2D eigenvalue weighted by atomic mass is 10.0. The Morgan fingerprint density at radius 2 is 1.68 bits per heavy atom. The monoisotopic (exact) mass is 530 g/mol. The van der Waals surface area contributed by atoms with Crippen LogP contribution in [-0.2, 0) is 6.54 Å². The highest BCUT2D eigenvalue weighted by Gasteiger charge is 2.36. The summed E-state index contributed by atoms with van der Waals surface area (Å²) in [5.74, 6) is 0.959. The van der Waals surface area contributed by atoms with E-state index in [0.29, 0.717) is 6.54 Å². The van der Waals surface area contributed by atoms with E-state index in [0.717, 1.165) is 56.5 Å². The van der Waals surface area contributed by atoms with Gasteiger partial charge >= 0.3 is 6.03 Å². The topological polar surface area (TPSA) is 58.3 Å². The second-order valence-electron chi connectivity index (χ2n) is 10.7. The van der Waals surface area contributed by atoms with Gasteiger partial charge in [-0.15, -0.1) is 0 Å². The van der Waals surface area contributed by atoms with Crippen LogP contribution in [0.25, 0.3) is 11.5 Å². The van der Waals surface area contributed by atoms with Crippen molar-refractivity contribution in [2.75, 3.05) is 24.3 Å². The molecule has 3 heterocycles. The molecule has 0 unspecified atom stereocenters. The number of nitrogens with zero attached hydrogens (tertiary/aromatic N) is 5. The Morgan fingerprint density at radius 1 is 0.925 bits per heavy atom. The first-order valence-corrected chi connectivity index (χ1v) is 13.6. The zero-order valence-corrected chi connectivity index (χ0v) is 23.6. The number of nitrogens with one attached hydrogen (secondary N) is 1. The molecule has 1 aliphatic heterocycles. The lowest BCUT2D eigenvalue weighted by Crippen LogP contribution is -2.38. The van der Waals surface area contributed by atoms with Crippen molar-refractivity contribution in [2.24, 2.45) is 0 Å². The minimum Gasteiger partial charge on any atom is -0.378 e. The highest BCUT2D eigenvalue weighted by molar-refractivity contribution is 5.91. The Kier molecular flexibility index (Phi) is 6.42. The summed E-state index contributed by atoms with van der Waals surface area (Å²) in [7, 11) is 4.06. The van der Waals surface area contributed by atoms with Gasteiger partial charge in [-0.05, 0) is 74.4 Å². The van der Waals surface area contributed by atoms with Crippen molar-refractivity contribution in [1.29, 1.82) is 0 Å². The third-order valence-electron chi connectivity index (χ3n) is 7.70. The van der Waals surface area contributed by atoms with Crippen LogP contribution in [0.1, 0.15) is 39.7 Å². The molecule has 2 aromatic heterocycles. The van der Waals surface area contributed by atoms with Crippen molar-refractivity contribution >= 4 is 17.4 Å². The van der Waals surface area contributed by atoms with E-state index in [1.54, 1.807) is 0 Å². The summed E-state index contributed by atoms with van der Waals surface area (Å²) in [5, 5.41) is 8.16. The summed E-state index contributed by atoms with van der Waals surface area (Å²) in [5.41, 5.74) is 9.06. The van der Waals surface area contributed by atoms with E-state index in [2.05, 4.69) is 76.4 Å². The number of rotatable bonds is 4. The quantitative estimate of drug-likeness (QED) is 0.278. The van der Waals surface area contributed by atoms with Gasteiger partial charge in [-0.3, -0.25) is 0 Å². The zero-order chi connectivity index (χ0) is 28.0. The number of hydrogen-bond donors (Lipinski definition) is 1. The van der Waals surface area contributed by atoms with Gasteiger partial charge in [0.2, 0.25) is 0 Å². The van der Waals surface area contributed by atoms with Crippen LogP contribution in [0.15, 0.2) is 91.1 Å². The normalized spacial score (nSPS) is 14.3. The first-order chi connectivity index (χ1) is 19.3. The highest BCUT2D eigenvalue weighted by Crippen LogP contribution is 2.39. The van der Waals surface area contributed by atoms with Crippen LogP contribution < -0.4 is 10.2 Å². The van der Waals surface area contributed by atoms with Crippen molar-refractivity contribution in [3.8, 4) is 11.5 Å². The van der Waals surface area contributed by atoms with E-state index in [9.17, 15) is 4.79 Å². The highest BCUT2D eigenvalue weighted by atomic mass is 16.2. The van der Waals surface area contributed by atoms with E-state index in [1.165, 1.54) is 0 Å². The summed E-state index contributed by atoms with van der Waals surface area (Å²) in [4.78, 5) is 18.2. The molecule has 0 fully saturated rings. The Labute approximate surface area is 235 Å². The number of hydrogen-bond acceptors (Lipinski definition) is 3. The molecule has 2 amide bonds. The van der Waals surface area contributed by atoms with Crippen LogP contribution in [-0.4, -0.2) is 39.4 Å². The summed E-state index contributed by atoms with van der Waals surface area (Å²) in [6, 6.07) is 28.4. The molecular weight excluding hydrogens is 496 g/mol. The molecule has 0 aliphatic carbocycles. The zero-order valence-electron chi connectivity index (χ0n) is 23.6. The number of anilines is 2. The van der Waals surface area contributed by atoms with Gasteiger partial charge in [0.05, 0.1) is 29.7 Å². The summed E-state index contributed by atoms with van der Waals surface area (Å²) in [6.07, 6.45) is 2.07. The van der Waals surface area contributed by atoms with Crippen molar-refractivity contribution in [1.82, 2.24) is 19.2 Å². The summed E-state index contributed by atoms with van der Waals surface area (Å²) < 4.78 is 4.18. The van der Waals surface area contributed by atoms with Gasteiger partial charge in [-0.25, -0.2) is 9.48 Å². The van der Waals surface area contributed by atoms with E-state index >= 15 is 0 Å². The first-order valence-electron chi connectivity index (χ1n) is 13.6. The van der Waals surface area contributed by atoms with Crippen LogP contribution in [0, 0.1) is 20.8 Å². The minimum absolute atomic E-state index is 0.152. The molecule has 1 aliphatic rings. The fourth-order valence-electron chi connectivity index (χ4n) is 5.60. The number of benzene rings is 3. The number of aryl methyl sites for hydroxylation is 3.